The zero-order chi connectivity index (χ0) is 22.9. The van der Waals surface area contributed by atoms with E-state index in [2.05, 4.69) is 20.1 Å². The number of rotatable bonds is 5. The van der Waals surface area contributed by atoms with E-state index in [-0.39, 0.29) is 36.0 Å². The van der Waals surface area contributed by atoms with Crippen molar-refractivity contribution in [3.8, 4) is 5.95 Å². The standard InChI is InChI=1S/C23H29FN6O3.ClH/c1-2-19-17-4-3-5-18(24)21(17)30(26-19)23-25-22(33-27-23)15-6-10-28(11-7-15)16-8-12-29(13-9-16)20(32)14-31;/h3-5,15-16,31H,2,6-14H2,1H3;1H. The van der Waals surface area contributed by atoms with Gasteiger partial charge in [-0.25, -0.2) is 4.39 Å². The van der Waals surface area contributed by atoms with E-state index in [4.69, 9.17) is 9.63 Å². The summed E-state index contributed by atoms with van der Waals surface area (Å²) < 4.78 is 21.6. The van der Waals surface area contributed by atoms with Gasteiger partial charge in [-0.15, -0.1) is 12.4 Å². The summed E-state index contributed by atoms with van der Waals surface area (Å²) >= 11 is 0. The quantitative estimate of drug-likeness (QED) is 0.584. The lowest BCUT2D eigenvalue weighted by Crippen LogP contribution is -2.49. The second-order valence-electron chi connectivity index (χ2n) is 8.86. The van der Waals surface area contributed by atoms with Gasteiger partial charge in [-0.2, -0.15) is 14.8 Å². The molecule has 0 saturated carbocycles. The molecule has 2 aliphatic rings. The minimum Gasteiger partial charge on any atom is -0.387 e. The van der Waals surface area contributed by atoms with Crippen LogP contribution >= 0.6 is 12.4 Å². The average molecular weight is 493 g/mol. The zero-order valence-electron chi connectivity index (χ0n) is 19.2. The van der Waals surface area contributed by atoms with Crippen molar-refractivity contribution in [2.24, 2.45) is 0 Å². The summed E-state index contributed by atoms with van der Waals surface area (Å²) in [5.41, 5.74) is 1.18. The number of carbonyl (C=O) groups is 1. The van der Waals surface area contributed by atoms with Crippen molar-refractivity contribution in [3.05, 3.63) is 35.6 Å². The van der Waals surface area contributed by atoms with Crippen LogP contribution in [0.25, 0.3) is 16.9 Å². The van der Waals surface area contributed by atoms with E-state index in [1.54, 1.807) is 11.0 Å². The molecule has 4 heterocycles. The Morgan fingerprint density at radius 1 is 1.18 bits per heavy atom. The number of aliphatic hydroxyl groups excluding tert-OH is 1. The Kier molecular flexibility index (Phi) is 7.49. The maximum absolute atomic E-state index is 14.6. The summed E-state index contributed by atoms with van der Waals surface area (Å²) in [7, 11) is 0. The molecule has 1 N–H and O–H groups in total. The van der Waals surface area contributed by atoms with Crippen molar-refractivity contribution in [1.82, 2.24) is 29.7 Å². The van der Waals surface area contributed by atoms with Crippen LogP contribution in [0, 0.1) is 5.82 Å². The second-order valence-corrected chi connectivity index (χ2v) is 8.86. The van der Waals surface area contributed by atoms with Crippen LogP contribution in [0.5, 0.6) is 0 Å². The molecule has 2 saturated heterocycles. The number of hydrogen-bond acceptors (Lipinski definition) is 7. The van der Waals surface area contributed by atoms with Gasteiger partial charge in [-0.1, -0.05) is 19.1 Å². The number of aromatic nitrogens is 4. The summed E-state index contributed by atoms with van der Waals surface area (Å²) in [6.45, 7) is 4.83. The Balaban J connectivity index is 0.00000274. The fourth-order valence-corrected chi connectivity index (χ4v) is 5.16. The van der Waals surface area contributed by atoms with Gasteiger partial charge in [0, 0.05) is 30.4 Å². The van der Waals surface area contributed by atoms with Gasteiger partial charge < -0.3 is 19.4 Å². The molecule has 1 aromatic carbocycles. The highest BCUT2D eigenvalue weighted by molar-refractivity contribution is 5.85. The first-order valence-electron chi connectivity index (χ1n) is 11.7. The third-order valence-electron chi connectivity index (χ3n) is 7.03. The van der Waals surface area contributed by atoms with Crippen molar-refractivity contribution in [3.63, 3.8) is 0 Å². The van der Waals surface area contributed by atoms with Gasteiger partial charge in [0.05, 0.1) is 5.69 Å². The fraction of sp³-hybridized carbons (Fsp3) is 0.565. The summed E-state index contributed by atoms with van der Waals surface area (Å²) in [4.78, 5) is 20.5. The van der Waals surface area contributed by atoms with Gasteiger partial charge in [-0.3, -0.25) is 4.79 Å². The molecule has 2 aliphatic heterocycles. The number of likely N-dealkylation sites (tertiary alicyclic amines) is 2. The molecule has 1 amide bonds. The minimum atomic E-state index is -0.414. The number of fused-ring (bicyclic) bond motifs is 1. The SMILES string of the molecule is CCc1nn(-c2noc(C3CCN(C4CCN(C(=O)CO)CC4)CC3)n2)c2c(F)cccc12.Cl. The number of benzene rings is 1. The smallest absolute Gasteiger partial charge is 0.291 e. The van der Waals surface area contributed by atoms with E-state index in [1.807, 2.05) is 13.0 Å². The lowest BCUT2D eigenvalue weighted by molar-refractivity contribution is -0.135. The van der Waals surface area contributed by atoms with Crippen LogP contribution < -0.4 is 0 Å². The van der Waals surface area contributed by atoms with Crippen molar-refractivity contribution < 1.29 is 18.8 Å². The lowest BCUT2D eigenvalue weighted by atomic mass is 9.93. The third kappa shape index (κ3) is 4.54. The van der Waals surface area contributed by atoms with E-state index in [1.165, 1.54) is 10.7 Å². The summed E-state index contributed by atoms with van der Waals surface area (Å²) in [5.74, 6) is 0.464. The van der Waals surface area contributed by atoms with E-state index < -0.39 is 6.61 Å². The second kappa shape index (κ2) is 10.4. The summed E-state index contributed by atoms with van der Waals surface area (Å²) in [6.07, 6.45) is 4.36. The van der Waals surface area contributed by atoms with Crippen molar-refractivity contribution in [1.29, 1.82) is 0 Å². The molecule has 0 aliphatic carbocycles. The molecule has 9 nitrogen and oxygen atoms in total. The zero-order valence-corrected chi connectivity index (χ0v) is 20.0. The molecule has 184 valence electrons. The molecule has 0 atom stereocenters. The van der Waals surface area contributed by atoms with E-state index in [9.17, 15) is 9.18 Å². The molecule has 0 bridgehead atoms. The maximum atomic E-state index is 14.6. The third-order valence-corrected chi connectivity index (χ3v) is 7.03. The number of amides is 1. The van der Waals surface area contributed by atoms with Crippen LogP contribution in [0.2, 0.25) is 0 Å². The number of piperidine rings is 2. The Morgan fingerprint density at radius 3 is 2.59 bits per heavy atom. The van der Waals surface area contributed by atoms with Gasteiger partial charge in [0.1, 0.15) is 17.9 Å². The van der Waals surface area contributed by atoms with Gasteiger partial charge >= 0.3 is 0 Å². The fourth-order valence-electron chi connectivity index (χ4n) is 5.16. The Bertz CT molecular complexity index is 1140. The van der Waals surface area contributed by atoms with Gasteiger partial charge in [0.2, 0.25) is 11.8 Å². The molecule has 34 heavy (non-hydrogen) atoms. The van der Waals surface area contributed by atoms with Crippen LogP contribution in [0.1, 0.15) is 50.1 Å². The maximum Gasteiger partial charge on any atom is 0.291 e. The molecule has 3 aromatic rings. The molecule has 5 rings (SSSR count). The molecule has 11 heteroatoms. The van der Waals surface area contributed by atoms with Gasteiger partial charge in [0.25, 0.3) is 5.95 Å². The summed E-state index contributed by atoms with van der Waals surface area (Å²) in [6, 6.07) is 5.42. The molecule has 2 fully saturated rings. The first kappa shape index (κ1) is 24.6. The number of aliphatic hydroxyl groups is 1. The summed E-state index contributed by atoms with van der Waals surface area (Å²) in [5, 5.41) is 18.5. The number of nitrogens with zero attached hydrogens (tertiary/aromatic N) is 6. The topological polar surface area (TPSA) is 101 Å². The van der Waals surface area contributed by atoms with Crippen LogP contribution in [0.3, 0.4) is 0 Å². The predicted octanol–water partition coefficient (Wildman–Crippen LogP) is 2.69. The molecule has 2 aromatic heterocycles. The molecular formula is C23H30ClFN6O3. The van der Waals surface area contributed by atoms with Gasteiger partial charge in [0.15, 0.2) is 0 Å². The largest absolute Gasteiger partial charge is 0.387 e. The molecule has 0 unspecified atom stereocenters. The number of halogens is 2. The van der Waals surface area contributed by atoms with Crippen LogP contribution in [-0.4, -0.2) is 79.6 Å². The average Bonchev–Trinajstić information content (AvgIpc) is 3.49. The highest BCUT2D eigenvalue weighted by Crippen LogP contribution is 2.31. The van der Waals surface area contributed by atoms with Crippen LogP contribution in [-0.2, 0) is 11.2 Å². The highest BCUT2D eigenvalue weighted by atomic mass is 35.5. The number of aryl methyl sites for hydroxylation is 1. The normalized spacial score (nSPS) is 18.4. The van der Waals surface area contributed by atoms with Crippen LogP contribution in [0.15, 0.2) is 22.7 Å². The molecular weight excluding hydrogens is 463 g/mol. The lowest BCUT2D eigenvalue weighted by Gasteiger charge is -2.41. The van der Waals surface area contributed by atoms with Crippen molar-refractivity contribution in [2.75, 3.05) is 32.8 Å². The minimum absolute atomic E-state index is 0. The van der Waals surface area contributed by atoms with E-state index >= 15 is 0 Å². The molecule has 0 spiro atoms. The van der Waals surface area contributed by atoms with Crippen molar-refractivity contribution in [2.45, 2.75) is 51.0 Å². The highest BCUT2D eigenvalue weighted by Gasteiger charge is 2.32. The van der Waals surface area contributed by atoms with Crippen molar-refractivity contribution >= 4 is 29.2 Å². The molecule has 0 radical (unpaired) electrons. The number of hydrogen-bond donors (Lipinski definition) is 1. The number of para-hydroxylation sites is 1. The van der Waals surface area contributed by atoms with E-state index in [0.29, 0.717) is 37.0 Å². The first-order valence-corrected chi connectivity index (χ1v) is 11.7. The Hall–Kier alpha value is -2.56. The van der Waals surface area contributed by atoms with Gasteiger partial charge in [-0.05, 0) is 56.4 Å². The number of carbonyl (C=O) groups excluding carboxylic acids is 1. The first-order chi connectivity index (χ1) is 16.1. The Morgan fingerprint density at radius 2 is 1.91 bits per heavy atom. The predicted molar refractivity (Wildman–Crippen MR) is 126 cm³/mol. The van der Waals surface area contributed by atoms with E-state index in [0.717, 1.165) is 49.9 Å². The monoisotopic (exact) mass is 492 g/mol. The van der Waals surface area contributed by atoms with Crippen LogP contribution in [0.4, 0.5) is 4.39 Å². The Labute approximate surface area is 203 Å².